The number of ketones is 1. The summed E-state index contributed by atoms with van der Waals surface area (Å²) in [6, 6.07) is 28.9. The van der Waals surface area contributed by atoms with E-state index in [1.165, 1.54) is 0 Å². The Labute approximate surface area is 171 Å². The van der Waals surface area contributed by atoms with Gasteiger partial charge in [0.15, 0.2) is 0 Å². The van der Waals surface area contributed by atoms with Crippen LogP contribution in [-0.4, -0.2) is 12.4 Å². The molecule has 0 aliphatic carbocycles. The molecule has 0 saturated carbocycles. The molecule has 1 aliphatic heterocycles. The molecule has 0 fully saturated rings. The highest BCUT2D eigenvalue weighted by molar-refractivity contribution is 6.32. The van der Waals surface area contributed by atoms with Crippen molar-refractivity contribution in [1.82, 2.24) is 0 Å². The summed E-state index contributed by atoms with van der Waals surface area (Å²) in [5.74, 6) is -0.848. The van der Waals surface area contributed by atoms with E-state index in [1.807, 2.05) is 91.0 Å². The van der Waals surface area contributed by atoms with Gasteiger partial charge < -0.3 is 9.47 Å². The van der Waals surface area contributed by atoms with Crippen LogP contribution in [0.25, 0.3) is 11.3 Å². The first-order chi connectivity index (χ1) is 14.1. The molecule has 3 heteroatoms. The molecule has 0 bridgehead atoms. The fraction of sp³-hybridized carbons (Fsp3) is 0.192. The Kier molecular flexibility index (Phi) is 5.32. The lowest BCUT2D eigenvalue weighted by Gasteiger charge is -2.29. The highest BCUT2D eigenvalue weighted by Crippen LogP contribution is 2.47. The van der Waals surface area contributed by atoms with Gasteiger partial charge in [0, 0.05) is 11.1 Å². The molecule has 0 amide bonds. The minimum absolute atomic E-state index is 0.172. The second-order valence-corrected chi connectivity index (χ2v) is 7.55. The highest BCUT2D eigenvalue weighted by Gasteiger charge is 2.53. The summed E-state index contributed by atoms with van der Waals surface area (Å²) in [5.41, 5.74) is 2.92. The molecule has 3 nitrogen and oxygen atoms in total. The molecule has 0 radical (unpaired) electrons. The number of benzene rings is 3. The van der Waals surface area contributed by atoms with E-state index in [2.05, 4.69) is 13.8 Å². The molecule has 4 rings (SSSR count). The lowest BCUT2D eigenvalue weighted by atomic mass is 9.92. The third-order valence-electron chi connectivity index (χ3n) is 4.87. The van der Waals surface area contributed by atoms with E-state index in [0.29, 0.717) is 23.5 Å². The minimum Gasteiger partial charge on any atom is -0.449 e. The van der Waals surface area contributed by atoms with E-state index in [-0.39, 0.29) is 11.7 Å². The Hall–Kier alpha value is -3.17. The zero-order valence-electron chi connectivity index (χ0n) is 16.7. The Bertz CT molecular complexity index is 1010. The number of rotatable bonds is 6. The van der Waals surface area contributed by atoms with E-state index in [0.717, 1.165) is 11.1 Å². The van der Waals surface area contributed by atoms with Crippen LogP contribution in [0.4, 0.5) is 0 Å². The number of carbonyl (C=O) groups excluding carboxylic acids is 1. The van der Waals surface area contributed by atoms with Crippen LogP contribution in [0.15, 0.2) is 91.0 Å². The van der Waals surface area contributed by atoms with E-state index in [9.17, 15) is 4.79 Å². The van der Waals surface area contributed by atoms with Gasteiger partial charge in [-0.25, -0.2) is 0 Å². The van der Waals surface area contributed by atoms with Gasteiger partial charge in [-0.1, -0.05) is 105 Å². The average molecular weight is 384 g/mol. The molecule has 0 aromatic heterocycles. The van der Waals surface area contributed by atoms with Crippen molar-refractivity contribution < 1.29 is 14.3 Å². The Morgan fingerprint density at radius 3 is 1.86 bits per heavy atom. The molecule has 0 saturated heterocycles. The van der Waals surface area contributed by atoms with Crippen LogP contribution < -0.4 is 0 Å². The topological polar surface area (TPSA) is 35.5 Å². The first kappa shape index (κ1) is 19.2. The maximum Gasteiger partial charge on any atom is 0.302 e. The Morgan fingerprint density at radius 1 is 0.793 bits per heavy atom. The molecular formula is C26H24O3. The minimum atomic E-state index is -1.48. The first-order valence-corrected chi connectivity index (χ1v) is 9.90. The maximum atomic E-state index is 13.9. The second kappa shape index (κ2) is 8.06. The molecule has 0 spiro atoms. The lowest BCUT2D eigenvalue weighted by molar-refractivity contribution is -0.201. The second-order valence-electron chi connectivity index (χ2n) is 7.55. The van der Waals surface area contributed by atoms with E-state index < -0.39 is 5.79 Å². The van der Waals surface area contributed by atoms with Crippen molar-refractivity contribution in [2.45, 2.75) is 19.6 Å². The summed E-state index contributed by atoms with van der Waals surface area (Å²) >= 11 is 0. The molecule has 1 unspecified atom stereocenters. The van der Waals surface area contributed by atoms with Gasteiger partial charge in [0.2, 0.25) is 5.78 Å². The third-order valence-corrected chi connectivity index (χ3v) is 4.87. The summed E-state index contributed by atoms with van der Waals surface area (Å²) in [6.07, 6.45) is 0. The van der Waals surface area contributed by atoms with Crippen molar-refractivity contribution in [3.8, 4) is 0 Å². The highest BCUT2D eigenvalue weighted by atomic mass is 16.7. The zero-order chi connectivity index (χ0) is 20.3. The van der Waals surface area contributed by atoms with Gasteiger partial charge in [0.05, 0.1) is 12.2 Å². The van der Waals surface area contributed by atoms with Gasteiger partial charge in [-0.05, 0) is 11.5 Å². The van der Waals surface area contributed by atoms with E-state index in [4.69, 9.17) is 9.47 Å². The third kappa shape index (κ3) is 3.62. The number of hydrogen-bond acceptors (Lipinski definition) is 3. The summed E-state index contributed by atoms with van der Waals surface area (Å²) in [7, 11) is 0. The standard InChI is InChI=1S/C26H24O3/c1-19(2)18-28-26(22-16-10-5-11-17-22)25(27)23(20-12-6-3-7-13-20)24(29-26)21-14-8-4-9-15-21/h3-17,19H,18H2,1-2H3. The van der Waals surface area contributed by atoms with Crippen molar-refractivity contribution in [2.75, 3.05) is 6.61 Å². The van der Waals surface area contributed by atoms with Crippen LogP contribution in [0.1, 0.15) is 30.5 Å². The smallest absolute Gasteiger partial charge is 0.302 e. The van der Waals surface area contributed by atoms with Crippen molar-refractivity contribution in [2.24, 2.45) is 5.92 Å². The molecule has 1 aliphatic rings. The molecular weight excluding hydrogens is 360 g/mol. The molecule has 3 aromatic carbocycles. The molecule has 29 heavy (non-hydrogen) atoms. The van der Waals surface area contributed by atoms with Gasteiger partial charge in [-0.3, -0.25) is 4.79 Å². The van der Waals surface area contributed by atoms with Gasteiger partial charge in [0.1, 0.15) is 5.76 Å². The maximum absolute atomic E-state index is 13.9. The predicted octanol–water partition coefficient (Wildman–Crippen LogP) is 5.68. The van der Waals surface area contributed by atoms with Crippen molar-refractivity contribution >= 4 is 17.1 Å². The number of Topliss-reactive ketones (excluding diaryl/α,β-unsaturated/α-hetero) is 1. The Balaban J connectivity index is 1.89. The SMILES string of the molecule is CC(C)COC1(c2ccccc2)OC(c2ccccc2)=C(c2ccccc2)C1=O. The summed E-state index contributed by atoms with van der Waals surface area (Å²) in [6.45, 7) is 4.52. The van der Waals surface area contributed by atoms with Crippen LogP contribution in [-0.2, 0) is 20.1 Å². The fourth-order valence-electron chi connectivity index (χ4n) is 3.48. The molecule has 1 heterocycles. The van der Waals surface area contributed by atoms with Crippen LogP contribution in [0.2, 0.25) is 0 Å². The quantitative estimate of drug-likeness (QED) is 0.548. The largest absolute Gasteiger partial charge is 0.449 e. The number of ether oxygens (including phenoxy) is 2. The summed E-state index contributed by atoms with van der Waals surface area (Å²) in [5, 5.41) is 0. The molecule has 146 valence electrons. The first-order valence-electron chi connectivity index (χ1n) is 9.90. The van der Waals surface area contributed by atoms with E-state index in [1.54, 1.807) is 0 Å². The lowest BCUT2D eigenvalue weighted by Crippen LogP contribution is -2.38. The van der Waals surface area contributed by atoms with Crippen LogP contribution in [0.5, 0.6) is 0 Å². The molecule has 3 aromatic rings. The summed E-state index contributed by atoms with van der Waals surface area (Å²) in [4.78, 5) is 13.9. The van der Waals surface area contributed by atoms with Crippen molar-refractivity contribution in [3.05, 3.63) is 108 Å². The predicted molar refractivity (Wildman–Crippen MR) is 115 cm³/mol. The van der Waals surface area contributed by atoms with Gasteiger partial charge in [0.25, 0.3) is 0 Å². The van der Waals surface area contributed by atoms with Gasteiger partial charge in [-0.15, -0.1) is 0 Å². The normalized spacial score (nSPS) is 18.9. The summed E-state index contributed by atoms with van der Waals surface area (Å²) < 4.78 is 12.7. The Morgan fingerprint density at radius 2 is 1.31 bits per heavy atom. The van der Waals surface area contributed by atoms with Crippen molar-refractivity contribution in [3.63, 3.8) is 0 Å². The molecule has 0 N–H and O–H groups in total. The van der Waals surface area contributed by atoms with Crippen molar-refractivity contribution in [1.29, 1.82) is 0 Å². The van der Waals surface area contributed by atoms with Crippen LogP contribution in [0.3, 0.4) is 0 Å². The van der Waals surface area contributed by atoms with Gasteiger partial charge in [-0.2, -0.15) is 0 Å². The number of hydrogen-bond donors (Lipinski definition) is 0. The average Bonchev–Trinajstić information content (AvgIpc) is 3.07. The van der Waals surface area contributed by atoms with Crippen LogP contribution >= 0.6 is 0 Å². The molecule has 1 atom stereocenters. The van der Waals surface area contributed by atoms with Crippen LogP contribution in [0, 0.1) is 5.92 Å². The number of carbonyl (C=O) groups is 1. The fourth-order valence-corrected chi connectivity index (χ4v) is 3.48. The zero-order valence-corrected chi connectivity index (χ0v) is 16.7. The monoisotopic (exact) mass is 384 g/mol. The van der Waals surface area contributed by atoms with E-state index >= 15 is 0 Å². The van der Waals surface area contributed by atoms with Gasteiger partial charge >= 0.3 is 5.79 Å².